The number of fused-ring (bicyclic) bond motifs is 2. The normalized spacial score (nSPS) is 32.0. The summed E-state index contributed by atoms with van der Waals surface area (Å²) in [7, 11) is 3.42. The maximum absolute atomic E-state index is 12.3. The van der Waals surface area contributed by atoms with Crippen LogP contribution in [0.1, 0.15) is 33.6 Å². The third kappa shape index (κ3) is 5.99. The van der Waals surface area contributed by atoms with Crippen molar-refractivity contribution < 1.29 is 44.4 Å². The van der Waals surface area contributed by atoms with Crippen LogP contribution in [0.3, 0.4) is 0 Å². The number of β-lactam (4-membered cyclic amide) rings is 2. The molecule has 5 aliphatic rings. The van der Waals surface area contributed by atoms with E-state index in [4.69, 9.17) is 5.73 Å². The fraction of sp³-hybridized carbons (Fsp3) is 0.679. The van der Waals surface area contributed by atoms with E-state index in [0.717, 1.165) is 0 Å². The highest BCUT2D eigenvalue weighted by atomic mass is 32.2. The number of carbonyl (C=O) groups is 5. The molecule has 0 radical (unpaired) electrons. The molecule has 3 fully saturated rings. The van der Waals surface area contributed by atoms with Crippen molar-refractivity contribution in [2.45, 2.75) is 69.2 Å². The average molecular weight is 656 g/mol. The SMILES string of the molecule is C[C@@H](O)[C@H]1C(=O)N2C(C(=O)O)=C(SCCN)C[C@H]12.C[C@@H](O)[C@H]1C(=O)N2C(C(=O)O)=C(S[C@@H]3CN[C@H](C(=O)N(C)C)C3)[C@H](C)[C@H]12. The summed E-state index contributed by atoms with van der Waals surface area (Å²) >= 11 is 2.83. The Balaban J connectivity index is 0.000000215. The van der Waals surface area contributed by atoms with Crippen LogP contribution in [0.5, 0.6) is 0 Å². The number of hydrogen-bond donors (Lipinski definition) is 6. The van der Waals surface area contributed by atoms with Gasteiger partial charge in [0.1, 0.15) is 11.4 Å². The molecular formula is C28H41N5O9S2. The van der Waals surface area contributed by atoms with Crippen LogP contribution in [-0.2, 0) is 24.0 Å². The lowest BCUT2D eigenvalue weighted by Gasteiger charge is -2.46. The van der Waals surface area contributed by atoms with Crippen LogP contribution in [0.2, 0.25) is 0 Å². The number of hydrogen-bond acceptors (Lipinski definition) is 11. The average Bonchev–Trinajstić information content (AvgIpc) is 3.59. The number of nitrogens with one attached hydrogen (secondary N) is 1. The Morgan fingerprint density at radius 2 is 1.61 bits per heavy atom. The summed E-state index contributed by atoms with van der Waals surface area (Å²) in [5.41, 5.74) is 5.51. The first-order valence-corrected chi connectivity index (χ1v) is 16.4. The van der Waals surface area contributed by atoms with E-state index in [1.165, 1.54) is 33.3 Å². The topological polar surface area (TPSA) is 214 Å². The van der Waals surface area contributed by atoms with Gasteiger partial charge in [0.15, 0.2) is 0 Å². The number of carboxylic acids is 2. The van der Waals surface area contributed by atoms with Crippen molar-refractivity contribution in [3.8, 4) is 0 Å². The van der Waals surface area contributed by atoms with Crippen molar-refractivity contribution in [2.24, 2.45) is 23.5 Å². The van der Waals surface area contributed by atoms with Crippen LogP contribution in [0.25, 0.3) is 0 Å². The molecule has 0 saturated carbocycles. The molecule has 0 aromatic heterocycles. The molecular weight excluding hydrogens is 614 g/mol. The van der Waals surface area contributed by atoms with Gasteiger partial charge in [-0.2, -0.15) is 0 Å². The summed E-state index contributed by atoms with van der Waals surface area (Å²) in [6, 6.07) is -0.773. The highest BCUT2D eigenvalue weighted by Gasteiger charge is 2.60. The molecule has 0 spiro atoms. The molecule has 3 amide bonds. The second kappa shape index (κ2) is 13.4. The van der Waals surface area contributed by atoms with Gasteiger partial charge >= 0.3 is 11.9 Å². The lowest BCUT2D eigenvalue weighted by Crippen LogP contribution is -2.63. The molecule has 5 aliphatic heterocycles. The number of aliphatic hydroxyl groups is 2. The Kier molecular flexibility index (Phi) is 10.4. The lowest BCUT2D eigenvalue weighted by molar-refractivity contribution is -0.163. The quantitative estimate of drug-likeness (QED) is 0.161. The van der Waals surface area contributed by atoms with E-state index in [1.807, 2.05) is 6.92 Å². The molecule has 5 rings (SSSR count). The predicted molar refractivity (Wildman–Crippen MR) is 163 cm³/mol. The first-order valence-electron chi connectivity index (χ1n) is 14.5. The number of amides is 3. The zero-order valence-electron chi connectivity index (χ0n) is 25.3. The van der Waals surface area contributed by atoms with E-state index < -0.39 is 36.0 Å². The molecule has 3 saturated heterocycles. The minimum atomic E-state index is -1.12. The van der Waals surface area contributed by atoms with Crippen molar-refractivity contribution in [3.63, 3.8) is 0 Å². The standard InChI is InChI=1S/C17H25N3O5S.C11H16N2O4S/c1-7-12-11(8(2)21)16(23)20(12)13(17(24)25)14(7)26-9-5-10(18-6-9)15(22)19(3)4;1-5(14)8-6-4-7(18-3-2-12)9(11(16)17)13(6)10(8)15/h7-12,18,21H,5-6H2,1-4H3,(H,24,25);5-6,8,14H,2-4,12H2,1H3,(H,16,17)/t7-,8-,9+,10+,11-,12-;5-,6-,8-/m11/s1. The van der Waals surface area contributed by atoms with Crippen molar-refractivity contribution in [1.82, 2.24) is 20.0 Å². The molecule has 0 aliphatic carbocycles. The summed E-state index contributed by atoms with van der Waals surface area (Å²) in [5, 5.41) is 41.5. The predicted octanol–water partition coefficient (Wildman–Crippen LogP) is -0.722. The number of carbonyl (C=O) groups excluding carboxylic acids is 3. The second-order valence-corrected chi connectivity index (χ2v) is 14.4. The molecule has 14 nitrogen and oxygen atoms in total. The van der Waals surface area contributed by atoms with Gasteiger partial charge in [0.2, 0.25) is 17.7 Å². The smallest absolute Gasteiger partial charge is 0.353 e. The van der Waals surface area contributed by atoms with Gasteiger partial charge in [-0.05, 0) is 20.3 Å². The molecule has 244 valence electrons. The maximum Gasteiger partial charge on any atom is 0.353 e. The van der Waals surface area contributed by atoms with Crippen LogP contribution in [0.15, 0.2) is 21.2 Å². The first-order chi connectivity index (χ1) is 20.6. The summed E-state index contributed by atoms with van der Waals surface area (Å²) in [5.74, 6) is -3.37. The van der Waals surface area contributed by atoms with Gasteiger partial charge in [0.25, 0.3) is 0 Å². The maximum atomic E-state index is 12.3. The third-order valence-electron chi connectivity index (χ3n) is 8.72. The van der Waals surface area contributed by atoms with Gasteiger partial charge in [-0.1, -0.05) is 6.92 Å². The van der Waals surface area contributed by atoms with Crippen LogP contribution < -0.4 is 11.1 Å². The van der Waals surface area contributed by atoms with Crippen molar-refractivity contribution in [3.05, 3.63) is 21.2 Å². The molecule has 9 atom stereocenters. The van der Waals surface area contributed by atoms with Crippen LogP contribution in [0.4, 0.5) is 0 Å². The zero-order chi connectivity index (χ0) is 32.8. The molecule has 0 unspecified atom stereocenters. The number of thioether (sulfide) groups is 2. The van der Waals surface area contributed by atoms with Crippen molar-refractivity contribution in [2.75, 3.05) is 32.9 Å². The highest BCUT2D eigenvalue weighted by molar-refractivity contribution is 8.03. The van der Waals surface area contributed by atoms with E-state index in [0.29, 0.717) is 41.5 Å². The molecule has 7 N–H and O–H groups in total. The van der Waals surface area contributed by atoms with E-state index in [9.17, 15) is 44.4 Å². The van der Waals surface area contributed by atoms with Crippen LogP contribution >= 0.6 is 23.5 Å². The Labute approximate surface area is 264 Å². The van der Waals surface area contributed by atoms with Crippen molar-refractivity contribution >= 4 is 53.2 Å². The third-order valence-corrected chi connectivity index (χ3v) is 11.4. The zero-order valence-corrected chi connectivity index (χ0v) is 26.9. The van der Waals surface area contributed by atoms with E-state index >= 15 is 0 Å². The second-order valence-electron chi connectivity index (χ2n) is 11.9. The Morgan fingerprint density at radius 3 is 2.14 bits per heavy atom. The number of aliphatic carboxylic acids is 2. The van der Waals surface area contributed by atoms with Gasteiger partial charge < -0.3 is 46.2 Å². The molecule has 0 aromatic rings. The van der Waals surface area contributed by atoms with Gasteiger partial charge in [-0.25, -0.2) is 9.59 Å². The number of carboxylic acid groups (broad SMARTS) is 2. The minimum absolute atomic E-state index is 0.00757. The summed E-state index contributed by atoms with van der Waals surface area (Å²) < 4.78 is 0. The summed E-state index contributed by atoms with van der Waals surface area (Å²) in [6.45, 7) is 6.10. The Hall–Kier alpha value is -2.63. The van der Waals surface area contributed by atoms with E-state index in [1.54, 1.807) is 32.8 Å². The highest BCUT2D eigenvalue weighted by Crippen LogP contribution is 2.52. The number of likely N-dealkylation sites (N-methyl/N-ethyl adjacent to an activating group) is 1. The number of rotatable bonds is 10. The molecule has 16 heteroatoms. The molecule has 0 bridgehead atoms. The van der Waals surface area contributed by atoms with Crippen LogP contribution in [-0.4, -0.2) is 133 Å². The Bertz CT molecular complexity index is 1290. The van der Waals surface area contributed by atoms with Gasteiger partial charge in [-0.3, -0.25) is 14.4 Å². The van der Waals surface area contributed by atoms with Gasteiger partial charge in [-0.15, -0.1) is 23.5 Å². The van der Waals surface area contributed by atoms with Crippen LogP contribution in [0, 0.1) is 17.8 Å². The summed E-state index contributed by atoms with van der Waals surface area (Å²) in [4.78, 5) is 64.9. The largest absolute Gasteiger partial charge is 0.477 e. The number of aliphatic hydroxyl groups excluding tert-OH is 2. The van der Waals surface area contributed by atoms with Crippen molar-refractivity contribution in [1.29, 1.82) is 0 Å². The fourth-order valence-corrected chi connectivity index (χ4v) is 9.15. The van der Waals surface area contributed by atoms with E-state index in [-0.39, 0.29) is 58.4 Å². The fourth-order valence-electron chi connectivity index (χ4n) is 6.69. The monoisotopic (exact) mass is 655 g/mol. The molecule has 0 aromatic carbocycles. The lowest BCUT2D eigenvalue weighted by atomic mass is 9.79. The molecule has 5 heterocycles. The minimum Gasteiger partial charge on any atom is -0.477 e. The van der Waals surface area contributed by atoms with Gasteiger partial charge in [0, 0.05) is 60.3 Å². The molecule has 44 heavy (non-hydrogen) atoms. The number of nitrogens with zero attached hydrogens (tertiary/aromatic N) is 3. The van der Waals surface area contributed by atoms with Gasteiger partial charge in [0.05, 0.1) is 42.2 Å². The van der Waals surface area contributed by atoms with E-state index in [2.05, 4.69) is 5.32 Å². The number of nitrogens with two attached hydrogens (primary N) is 1. The Morgan fingerprint density at radius 1 is 1.02 bits per heavy atom. The first kappa shape index (κ1) is 34.2. The summed E-state index contributed by atoms with van der Waals surface area (Å²) in [6.07, 6.45) is -0.426.